The van der Waals surface area contributed by atoms with Gasteiger partial charge in [0, 0.05) is 0 Å². The Bertz CT molecular complexity index is 444. The molecule has 17 heavy (non-hydrogen) atoms. The molecule has 0 heterocycles. The molecule has 0 radical (unpaired) electrons. The molecule has 3 heteroatoms. The molecule has 0 saturated carbocycles. The number of nitrogens with two attached hydrogens (primary N) is 1. The van der Waals surface area contributed by atoms with E-state index in [0.29, 0.717) is 24.3 Å². The van der Waals surface area contributed by atoms with Crippen molar-refractivity contribution in [3.05, 3.63) is 42.0 Å². The largest absolute Gasteiger partial charge is 0.490 e. The summed E-state index contributed by atoms with van der Waals surface area (Å²) in [6.45, 7) is 8.05. The van der Waals surface area contributed by atoms with Gasteiger partial charge in [-0.3, -0.25) is 0 Å². The summed E-state index contributed by atoms with van der Waals surface area (Å²) in [6, 6.07) is 9.23. The van der Waals surface area contributed by atoms with Crippen LogP contribution in [0, 0.1) is 11.3 Å². The Kier molecular flexibility index (Phi) is 4.30. The minimum absolute atomic E-state index is 0.360. The molecule has 0 spiro atoms. The summed E-state index contributed by atoms with van der Waals surface area (Å²) in [5.74, 6) is 0.577. The Balaban J connectivity index is 2.67. The van der Waals surface area contributed by atoms with E-state index < -0.39 is 5.54 Å². The molecule has 1 rings (SSSR count). The van der Waals surface area contributed by atoms with Crippen LogP contribution >= 0.6 is 0 Å². The molecule has 0 aliphatic carbocycles. The molecule has 0 saturated heterocycles. The zero-order valence-corrected chi connectivity index (χ0v) is 10.4. The third kappa shape index (κ3) is 4.29. The predicted octanol–water partition coefficient (Wildman–Crippen LogP) is 2.62. The molecular weight excluding hydrogens is 212 g/mol. The highest BCUT2D eigenvalue weighted by atomic mass is 16.5. The van der Waals surface area contributed by atoms with E-state index in [1.165, 1.54) is 0 Å². The highest BCUT2D eigenvalue weighted by Gasteiger charge is 2.20. The number of nitrogens with zero attached hydrogens (tertiary/aromatic N) is 1. The van der Waals surface area contributed by atoms with E-state index in [0.717, 1.165) is 5.57 Å². The van der Waals surface area contributed by atoms with Crippen LogP contribution in [0.4, 0.5) is 0 Å². The summed E-state index contributed by atoms with van der Waals surface area (Å²) >= 11 is 0. The maximum atomic E-state index is 8.92. The van der Waals surface area contributed by atoms with Crippen LogP contribution in [0.25, 0.3) is 0 Å². The molecule has 0 fully saturated rings. The highest BCUT2D eigenvalue weighted by Crippen LogP contribution is 2.19. The minimum Gasteiger partial charge on any atom is -0.490 e. The molecule has 0 aliphatic rings. The number of para-hydroxylation sites is 1. The molecular formula is C14H18N2O. The van der Waals surface area contributed by atoms with Crippen molar-refractivity contribution in [3.8, 4) is 11.8 Å². The number of rotatable bonds is 5. The number of ether oxygens (including phenoxy) is 1. The molecule has 0 aliphatic heterocycles. The molecule has 0 amide bonds. The summed E-state index contributed by atoms with van der Waals surface area (Å²) < 4.78 is 5.61. The second kappa shape index (κ2) is 5.51. The third-order valence-corrected chi connectivity index (χ3v) is 2.27. The molecule has 0 unspecified atom stereocenters. The van der Waals surface area contributed by atoms with E-state index in [1.54, 1.807) is 18.2 Å². The lowest BCUT2D eigenvalue weighted by atomic mass is 9.96. The fourth-order valence-corrected chi connectivity index (χ4v) is 1.67. The first-order valence-electron chi connectivity index (χ1n) is 5.50. The van der Waals surface area contributed by atoms with E-state index in [1.807, 2.05) is 19.9 Å². The van der Waals surface area contributed by atoms with Crippen molar-refractivity contribution in [1.82, 2.24) is 0 Å². The van der Waals surface area contributed by atoms with Crippen LogP contribution in [-0.2, 0) is 0 Å². The predicted molar refractivity (Wildman–Crippen MR) is 68.7 cm³/mol. The highest BCUT2D eigenvalue weighted by molar-refractivity contribution is 5.42. The van der Waals surface area contributed by atoms with Crippen LogP contribution in [0.15, 0.2) is 36.4 Å². The van der Waals surface area contributed by atoms with Gasteiger partial charge in [-0.25, -0.2) is 0 Å². The van der Waals surface area contributed by atoms with Crippen molar-refractivity contribution in [2.24, 2.45) is 5.73 Å². The van der Waals surface area contributed by atoms with Crippen LogP contribution in [0.5, 0.6) is 5.75 Å². The Morgan fingerprint density at radius 2 is 2.18 bits per heavy atom. The summed E-state index contributed by atoms with van der Waals surface area (Å²) in [5.41, 5.74) is 7.17. The number of benzene rings is 1. The fourth-order valence-electron chi connectivity index (χ4n) is 1.67. The summed E-state index contributed by atoms with van der Waals surface area (Å²) in [4.78, 5) is 0. The molecule has 1 atom stereocenters. The van der Waals surface area contributed by atoms with Crippen molar-refractivity contribution >= 4 is 0 Å². The molecule has 90 valence electrons. The lowest BCUT2D eigenvalue weighted by Gasteiger charge is -2.25. The van der Waals surface area contributed by atoms with Crippen molar-refractivity contribution in [3.63, 3.8) is 0 Å². The molecule has 0 bridgehead atoms. The first kappa shape index (κ1) is 13.3. The van der Waals surface area contributed by atoms with Gasteiger partial charge >= 0.3 is 0 Å². The van der Waals surface area contributed by atoms with E-state index in [2.05, 4.69) is 12.6 Å². The van der Waals surface area contributed by atoms with Crippen LogP contribution in [0.3, 0.4) is 0 Å². The van der Waals surface area contributed by atoms with Gasteiger partial charge in [0.05, 0.1) is 11.1 Å². The van der Waals surface area contributed by atoms with Gasteiger partial charge in [-0.15, -0.1) is 6.58 Å². The maximum Gasteiger partial charge on any atom is 0.137 e. The Labute approximate surface area is 103 Å². The zero-order valence-electron chi connectivity index (χ0n) is 10.4. The van der Waals surface area contributed by atoms with Crippen LogP contribution in [-0.4, -0.2) is 12.1 Å². The van der Waals surface area contributed by atoms with Gasteiger partial charge in [0.15, 0.2) is 0 Å². The SMILES string of the molecule is C=C(C)C[C@](C)(N)COc1ccccc1C#N. The maximum absolute atomic E-state index is 8.92. The van der Waals surface area contributed by atoms with E-state index >= 15 is 0 Å². The van der Waals surface area contributed by atoms with Gasteiger partial charge in [-0.05, 0) is 32.4 Å². The van der Waals surface area contributed by atoms with Gasteiger partial charge < -0.3 is 10.5 Å². The number of nitriles is 1. The molecule has 2 N–H and O–H groups in total. The van der Waals surface area contributed by atoms with E-state index in [9.17, 15) is 0 Å². The lowest BCUT2D eigenvalue weighted by molar-refractivity contribution is 0.229. The smallest absolute Gasteiger partial charge is 0.137 e. The second-order valence-electron chi connectivity index (χ2n) is 4.68. The molecule has 3 nitrogen and oxygen atoms in total. The number of hydrogen-bond donors (Lipinski definition) is 1. The normalized spacial score (nSPS) is 13.5. The topological polar surface area (TPSA) is 59.0 Å². The molecule has 1 aromatic rings. The van der Waals surface area contributed by atoms with Crippen molar-refractivity contribution in [2.45, 2.75) is 25.8 Å². The van der Waals surface area contributed by atoms with Crippen molar-refractivity contribution < 1.29 is 4.74 Å². The standard InChI is InChI=1S/C14H18N2O/c1-11(2)8-14(3,16)10-17-13-7-5-4-6-12(13)9-15/h4-7H,1,8,10,16H2,2-3H3/t14-/m0/s1. The molecule has 0 aromatic heterocycles. The molecule has 1 aromatic carbocycles. The van der Waals surface area contributed by atoms with Gasteiger partial charge in [0.25, 0.3) is 0 Å². The summed E-state index contributed by atoms with van der Waals surface area (Å²) in [5, 5.41) is 8.92. The van der Waals surface area contributed by atoms with E-state index in [-0.39, 0.29) is 0 Å². The third-order valence-electron chi connectivity index (χ3n) is 2.27. The van der Waals surface area contributed by atoms with Crippen LogP contribution in [0.1, 0.15) is 25.8 Å². The summed E-state index contributed by atoms with van der Waals surface area (Å²) in [7, 11) is 0. The van der Waals surface area contributed by atoms with Crippen molar-refractivity contribution in [1.29, 1.82) is 5.26 Å². The number of hydrogen-bond acceptors (Lipinski definition) is 3. The van der Waals surface area contributed by atoms with Crippen LogP contribution in [0.2, 0.25) is 0 Å². The quantitative estimate of drug-likeness (QED) is 0.791. The Morgan fingerprint density at radius 1 is 1.53 bits per heavy atom. The Hall–Kier alpha value is -1.79. The van der Waals surface area contributed by atoms with Gasteiger partial charge in [0.1, 0.15) is 18.4 Å². The second-order valence-corrected chi connectivity index (χ2v) is 4.68. The van der Waals surface area contributed by atoms with Crippen LogP contribution < -0.4 is 10.5 Å². The Morgan fingerprint density at radius 3 is 2.76 bits per heavy atom. The minimum atomic E-state index is -0.464. The zero-order chi connectivity index (χ0) is 12.9. The first-order chi connectivity index (χ1) is 7.94. The fraction of sp³-hybridized carbons (Fsp3) is 0.357. The summed E-state index contributed by atoms with van der Waals surface area (Å²) in [6.07, 6.45) is 0.696. The average molecular weight is 230 g/mol. The van der Waals surface area contributed by atoms with Gasteiger partial charge in [-0.1, -0.05) is 17.7 Å². The van der Waals surface area contributed by atoms with Gasteiger partial charge in [-0.2, -0.15) is 5.26 Å². The van der Waals surface area contributed by atoms with E-state index in [4.69, 9.17) is 15.7 Å². The average Bonchev–Trinajstić information content (AvgIpc) is 2.25. The van der Waals surface area contributed by atoms with Crippen molar-refractivity contribution in [2.75, 3.05) is 6.61 Å². The monoisotopic (exact) mass is 230 g/mol. The lowest BCUT2D eigenvalue weighted by Crippen LogP contribution is -2.42. The first-order valence-corrected chi connectivity index (χ1v) is 5.50. The van der Waals surface area contributed by atoms with Gasteiger partial charge in [0.2, 0.25) is 0 Å².